The first-order chi connectivity index (χ1) is 11.2. The molecule has 2 aromatic rings. The number of anilines is 1. The van der Waals surface area contributed by atoms with Gasteiger partial charge >= 0.3 is 0 Å². The maximum atomic E-state index is 13.5. The zero-order valence-electron chi connectivity index (χ0n) is 13.0. The van der Waals surface area contributed by atoms with E-state index in [0.29, 0.717) is 37.4 Å². The zero-order chi connectivity index (χ0) is 16.5. The van der Waals surface area contributed by atoms with Crippen LogP contribution in [-0.4, -0.2) is 37.7 Å². The zero-order valence-corrected chi connectivity index (χ0v) is 13.0. The van der Waals surface area contributed by atoms with Crippen molar-refractivity contribution in [1.82, 2.24) is 10.3 Å². The van der Waals surface area contributed by atoms with Crippen molar-refractivity contribution in [3.8, 4) is 0 Å². The van der Waals surface area contributed by atoms with Crippen molar-refractivity contribution in [1.29, 1.82) is 0 Å². The largest absolute Gasteiger partial charge is 0.383 e. The Hall–Kier alpha value is -2.47. The highest BCUT2D eigenvalue weighted by molar-refractivity contribution is 5.92. The molecule has 0 saturated carbocycles. The summed E-state index contributed by atoms with van der Waals surface area (Å²) in [5, 5.41) is 5.86. The Kier molecular flexibility index (Phi) is 6.50. The summed E-state index contributed by atoms with van der Waals surface area (Å²) in [6, 6.07) is 9.97. The fourth-order valence-electron chi connectivity index (χ4n) is 2.03. The minimum atomic E-state index is -0.273. The second-order valence-corrected chi connectivity index (χ2v) is 4.95. The predicted octanol–water partition coefficient (Wildman–Crippen LogP) is 2.25. The molecule has 1 aromatic carbocycles. The van der Waals surface area contributed by atoms with E-state index in [0.717, 1.165) is 5.69 Å². The van der Waals surface area contributed by atoms with Crippen LogP contribution in [0.5, 0.6) is 0 Å². The molecule has 0 aliphatic rings. The number of nitrogens with one attached hydrogen (secondary N) is 2. The van der Waals surface area contributed by atoms with Crippen LogP contribution >= 0.6 is 0 Å². The molecule has 0 unspecified atom stereocenters. The maximum absolute atomic E-state index is 13.5. The van der Waals surface area contributed by atoms with Crippen LogP contribution in [0.3, 0.4) is 0 Å². The molecule has 2 rings (SSSR count). The lowest BCUT2D eigenvalue weighted by molar-refractivity contribution is 0.0949. The molecule has 0 aliphatic carbocycles. The van der Waals surface area contributed by atoms with E-state index >= 15 is 0 Å². The number of aromatic nitrogens is 1. The third-order valence-electron chi connectivity index (χ3n) is 3.27. The molecule has 1 heterocycles. The molecule has 0 fully saturated rings. The van der Waals surface area contributed by atoms with E-state index < -0.39 is 0 Å². The van der Waals surface area contributed by atoms with E-state index in [9.17, 15) is 9.18 Å². The summed E-state index contributed by atoms with van der Waals surface area (Å²) in [5.74, 6) is -0.531. The van der Waals surface area contributed by atoms with Gasteiger partial charge in [-0.1, -0.05) is 18.2 Å². The molecular formula is C17H20FN3O2. The molecule has 0 radical (unpaired) electrons. The van der Waals surface area contributed by atoms with Gasteiger partial charge in [0, 0.05) is 20.2 Å². The molecule has 122 valence electrons. The second-order valence-electron chi connectivity index (χ2n) is 4.95. The Morgan fingerprint density at radius 2 is 2.04 bits per heavy atom. The number of halogens is 1. The highest BCUT2D eigenvalue weighted by Crippen LogP contribution is 2.07. The lowest BCUT2D eigenvalue weighted by atomic mass is 10.1. The van der Waals surface area contributed by atoms with Gasteiger partial charge in [0.25, 0.3) is 5.91 Å². The van der Waals surface area contributed by atoms with E-state index in [1.54, 1.807) is 43.6 Å². The van der Waals surface area contributed by atoms with E-state index in [-0.39, 0.29) is 11.7 Å². The molecule has 0 aliphatic heterocycles. The van der Waals surface area contributed by atoms with Crippen LogP contribution in [0.15, 0.2) is 42.6 Å². The van der Waals surface area contributed by atoms with Gasteiger partial charge in [0.15, 0.2) is 0 Å². The van der Waals surface area contributed by atoms with Gasteiger partial charge in [-0.3, -0.25) is 4.79 Å². The number of hydrogen-bond acceptors (Lipinski definition) is 4. The molecule has 6 heteroatoms. The van der Waals surface area contributed by atoms with Gasteiger partial charge in [-0.15, -0.1) is 0 Å². The number of benzene rings is 1. The molecule has 2 N–H and O–H groups in total. The highest BCUT2D eigenvalue weighted by atomic mass is 19.1. The van der Waals surface area contributed by atoms with Crippen molar-refractivity contribution >= 4 is 11.6 Å². The van der Waals surface area contributed by atoms with Gasteiger partial charge in [0.1, 0.15) is 11.5 Å². The average molecular weight is 317 g/mol. The second kappa shape index (κ2) is 8.85. The monoisotopic (exact) mass is 317 g/mol. The van der Waals surface area contributed by atoms with Crippen LogP contribution in [0, 0.1) is 5.82 Å². The fraction of sp³-hybridized carbons (Fsp3) is 0.294. The smallest absolute Gasteiger partial charge is 0.269 e. The first-order valence-corrected chi connectivity index (χ1v) is 7.41. The van der Waals surface area contributed by atoms with Crippen molar-refractivity contribution in [3.63, 3.8) is 0 Å². The minimum Gasteiger partial charge on any atom is -0.383 e. The number of hydrogen-bond donors (Lipinski definition) is 2. The molecule has 0 saturated heterocycles. The Bertz CT molecular complexity index is 632. The molecule has 5 nitrogen and oxygen atoms in total. The van der Waals surface area contributed by atoms with Gasteiger partial charge in [-0.05, 0) is 30.2 Å². The number of nitrogens with zero attached hydrogens (tertiary/aromatic N) is 1. The first-order valence-electron chi connectivity index (χ1n) is 7.41. The van der Waals surface area contributed by atoms with Crippen LogP contribution < -0.4 is 10.6 Å². The van der Waals surface area contributed by atoms with Crippen LogP contribution in [-0.2, 0) is 11.2 Å². The minimum absolute atomic E-state index is 0.258. The lowest BCUT2D eigenvalue weighted by Crippen LogP contribution is -2.26. The molecule has 0 bridgehead atoms. The van der Waals surface area contributed by atoms with Crippen LogP contribution in [0.2, 0.25) is 0 Å². The Labute approximate surface area is 134 Å². The van der Waals surface area contributed by atoms with Gasteiger partial charge in [-0.2, -0.15) is 0 Å². The predicted molar refractivity (Wildman–Crippen MR) is 87.0 cm³/mol. The third kappa shape index (κ3) is 5.34. The van der Waals surface area contributed by atoms with Gasteiger partial charge in [-0.25, -0.2) is 9.37 Å². The molecule has 23 heavy (non-hydrogen) atoms. The number of methoxy groups -OCH3 is 1. The summed E-state index contributed by atoms with van der Waals surface area (Å²) in [5.41, 5.74) is 1.74. The van der Waals surface area contributed by atoms with Crippen LogP contribution in [0.4, 0.5) is 10.1 Å². The number of carbonyl (C=O) groups is 1. The first kappa shape index (κ1) is 16.9. The number of ether oxygens (including phenoxy) is 1. The molecule has 1 amide bonds. The van der Waals surface area contributed by atoms with Crippen molar-refractivity contribution in [2.45, 2.75) is 6.42 Å². The van der Waals surface area contributed by atoms with Gasteiger partial charge < -0.3 is 15.4 Å². The molecule has 0 spiro atoms. The Morgan fingerprint density at radius 1 is 1.22 bits per heavy atom. The highest BCUT2D eigenvalue weighted by Gasteiger charge is 2.07. The number of rotatable bonds is 8. The summed E-state index contributed by atoms with van der Waals surface area (Å²) in [6.07, 6.45) is 2.04. The molecule has 0 atom stereocenters. The Balaban J connectivity index is 1.80. The summed E-state index contributed by atoms with van der Waals surface area (Å²) >= 11 is 0. The van der Waals surface area contributed by atoms with E-state index in [1.165, 1.54) is 6.07 Å². The van der Waals surface area contributed by atoms with Crippen LogP contribution in [0.1, 0.15) is 16.1 Å². The number of carbonyl (C=O) groups excluding carboxylic acids is 1. The van der Waals surface area contributed by atoms with Crippen molar-refractivity contribution < 1.29 is 13.9 Å². The third-order valence-corrected chi connectivity index (χ3v) is 3.27. The van der Waals surface area contributed by atoms with E-state index in [4.69, 9.17) is 4.74 Å². The Morgan fingerprint density at radius 3 is 2.74 bits per heavy atom. The van der Waals surface area contributed by atoms with Gasteiger partial charge in [0.2, 0.25) is 0 Å². The molecule has 1 aromatic heterocycles. The standard InChI is InChI=1S/C17H20FN3O2/c1-23-11-10-19-14-6-7-16(21-12-14)17(22)20-9-8-13-4-2-3-5-15(13)18/h2-7,12,19H,8-11H2,1H3,(H,20,22). The fourth-order valence-corrected chi connectivity index (χ4v) is 2.03. The summed E-state index contributed by atoms with van der Waals surface area (Å²) in [6.45, 7) is 1.62. The topological polar surface area (TPSA) is 63.2 Å². The summed E-state index contributed by atoms with van der Waals surface area (Å²) in [4.78, 5) is 16.1. The number of pyridine rings is 1. The molecular weight excluding hydrogens is 297 g/mol. The van der Waals surface area contributed by atoms with Crippen molar-refractivity contribution in [2.24, 2.45) is 0 Å². The van der Waals surface area contributed by atoms with E-state index in [1.807, 2.05) is 0 Å². The lowest BCUT2D eigenvalue weighted by Gasteiger charge is -2.07. The average Bonchev–Trinajstić information content (AvgIpc) is 2.57. The van der Waals surface area contributed by atoms with Crippen LogP contribution in [0.25, 0.3) is 0 Å². The quantitative estimate of drug-likeness (QED) is 0.733. The summed E-state index contributed by atoms with van der Waals surface area (Å²) < 4.78 is 18.4. The van der Waals surface area contributed by atoms with Crippen molar-refractivity contribution in [2.75, 3.05) is 32.1 Å². The van der Waals surface area contributed by atoms with Crippen molar-refractivity contribution in [3.05, 3.63) is 59.7 Å². The summed E-state index contributed by atoms with van der Waals surface area (Å²) in [7, 11) is 1.63. The maximum Gasteiger partial charge on any atom is 0.269 e. The normalized spacial score (nSPS) is 10.3. The number of amides is 1. The van der Waals surface area contributed by atoms with E-state index in [2.05, 4.69) is 15.6 Å². The van der Waals surface area contributed by atoms with Gasteiger partial charge in [0.05, 0.1) is 18.5 Å². The SMILES string of the molecule is COCCNc1ccc(C(=O)NCCc2ccccc2F)nc1.